The van der Waals surface area contributed by atoms with Crippen LogP contribution < -0.4 is 0 Å². The Morgan fingerprint density at radius 1 is 0.786 bits per heavy atom. The second-order valence-electron chi connectivity index (χ2n) is 7.82. The molecule has 1 unspecified atom stereocenters. The van der Waals surface area contributed by atoms with Crippen molar-refractivity contribution in [3.8, 4) is 0 Å². The van der Waals surface area contributed by atoms with E-state index in [1.807, 2.05) is 6.92 Å². The van der Waals surface area contributed by atoms with Crippen LogP contribution in [0, 0.1) is 0 Å². The summed E-state index contributed by atoms with van der Waals surface area (Å²) in [5, 5.41) is 8.63. The number of esters is 1. The topological polar surface area (TPSA) is 63.6 Å². The van der Waals surface area contributed by atoms with Gasteiger partial charge in [-0.15, -0.1) is 0 Å². The molecule has 0 aromatic carbocycles. The van der Waals surface area contributed by atoms with Crippen molar-refractivity contribution < 1.29 is 19.4 Å². The number of allylic oxidation sites excluding steroid dienone is 1. The summed E-state index contributed by atoms with van der Waals surface area (Å²) in [5.74, 6) is -0.796. The zero-order valence-corrected chi connectivity index (χ0v) is 18.4. The first kappa shape index (κ1) is 26.7. The van der Waals surface area contributed by atoms with E-state index in [-0.39, 0.29) is 18.5 Å². The molecule has 0 radical (unpaired) electrons. The third-order valence-corrected chi connectivity index (χ3v) is 4.94. The molecule has 0 aliphatic carbocycles. The van der Waals surface area contributed by atoms with Crippen molar-refractivity contribution in [2.24, 2.45) is 0 Å². The lowest BCUT2D eigenvalue weighted by Crippen LogP contribution is -2.15. The maximum atomic E-state index is 11.8. The molecule has 4 heteroatoms. The highest BCUT2D eigenvalue weighted by atomic mass is 16.5. The SMILES string of the molecule is CCCCCCCC/C=C\C(CCCCCCCCC(=O)O)OC(=O)CCC. The Hall–Kier alpha value is -1.32. The average molecular weight is 397 g/mol. The monoisotopic (exact) mass is 396 g/mol. The molecule has 0 fully saturated rings. The number of rotatable bonds is 20. The average Bonchev–Trinajstić information content (AvgIpc) is 2.65. The predicted octanol–water partition coefficient (Wildman–Crippen LogP) is 7.21. The van der Waals surface area contributed by atoms with Gasteiger partial charge in [0.2, 0.25) is 0 Å². The number of hydrogen-bond acceptors (Lipinski definition) is 3. The van der Waals surface area contributed by atoms with Crippen LogP contribution in [-0.2, 0) is 14.3 Å². The fourth-order valence-electron chi connectivity index (χ4n) is 3.25. The predicted molar refractivity (Wildman–Crippen MR) is 116 cm³/mol. The number of carbonyl (C=O) groups is 2. The van der Waals surface area contributed by atoms with Crippen molar-refractivity contribution in [2.75, 3.05) is 0 Å². The minimum Gasteiger partial charge on any atom is -0.481 e. The summed E-state index contributed by atoms with van der Waals surface area (Å²) in [6.07, 6.45) is 21.6. The van der Waals surface area contributed by atoms with E-state index in [1.165, 1.54) is 38.5 Å². The standard InChI is InChI=1S/C24H44O4/c1-3-5-6-7-8-9-12-15-19-22(28-24(27)18-4-2)20-16-13-10-11-14-17-21-23(25)26/h15,19,22H,3-14,16-18,20-21H2,1-2H3,(H,25,26)/b19-15-. The summed E-state index contributed by atoms with van der Waals surface area (Å²) >= 11 is 0. The van der Waals surface area contributed by atoms with Gasteiger partial charge in [0.15, 0.2) is 0 Å². The van der Waals surface area contributed by atoms with Gasteiger partial charge in [0.05, 0.1) is 0 Å². The lowest BCUT2D eigenvalue weighted by atomic mass is 10.0. The molecule has 0 saturated heterocycles. The second kappa shape index (κ2) is 20.4. The third kappa shape index (κ3) is 19.4. The van der Waals surface area contributed by atoms with E-state index < -0.39 is 5.97 Å². The van der Waals surface area contributed by atoms with Gasteiger partial charge in [-0.25, -0.2) is 0 Å². The van der Waals surface area contributed by atoms with Crippen LogP contribution in [0.1, 0.15) is 123 Å². The van der Waals surface area contributed by atoms with Crippen molar-refractivity contribution in [1.29, 1.82) is 0 Å². The highest BCUT2D eigenvalue weighted by Gasteiger charge is 2.10. The Bertz CT molecular complexity index is 403. The van der Waals surface area contributed by atoms with Gasteiger partial charge in [-0.05, 0) is 44.6 Å². The summed E-state index contributed by atoms with van der Waals surface area (Å²) in [7, 11) is 0. The molecule has 4 nitrogen and oxygen atoms in total. The fourth-order valence-corrected chi connectivity index (χ4v) is 3.25. The van der Waals surface area contributed by atoms with Crippen LogP contribution in [0.4, 0.5) is 0 Å². The Morgan fingerprint density at radius 3 is 2.04 bits per heavy atom. The fraction of sp³-hybridized carbons (Fsp3) is 0.833. The summed E-state index contributed by atoms with van der Waals surface area (Å²) < 4.78 is 5.63. The lowest BCUT2D eigenvalue weighted by molar-refractivity contribution is -0.147. The van der Waals surface area contributed by atoms with Crippen molar-refractivity contribution in [3.63, 3.8) is 0 Å². The summed E-state index contributed by atoms with van der Waals surface area (Å²) in [6.45, 7) is 4.23. The number of carboxylic acid groups (broad SMARTS) is 1. The molecule has 0 aliphatic rings. The smallest absolute Gasteiger partial charge is 0.306 e. The molecule has 0 aromatic heterocycles. The van der Waals surface area contributed by atoms with Crippen LogP contribution in [0.15, 0.2) is 12.2 Å². The molecule has 1 N–H and O–H groups in total. The van der Waals surface area contributed by atoms with Gasteiger partial charge in [-0.3, -0.25) is 9.59 Å². The normalized spacial score (nSPS) is 12.4. The minimum absolute atomic E-state index is 0.0915. The summed E-state index contributed by atoms with van der Waals surface area (Å²) in [4.78, 5) is 22.3. The van der Waals surface area contributed by atoms with Crippen LogP contribution in [0.5, 0.6) is 0 Å². The number of ether oxygens (including phenoxy) is 1. The molecule has 0 amide bonds. The molecular formula is C24H44O4. The van der Waals surface area contributed by atoms with Gasteiger partial charge >= 0.3 is 11.9 Å². The van der Waals surface area contributed by atoms with Crippen LogP contribution >= 0.6 is 0 Å². The van der Waals surface area contributed by atoms with Gasteiger partial charge in [0.1, 0.15) is 6.10 Å². The molecule has 0 aliphatic heterocycles. The molecule has 0 spiro atoms. The first-order valence-electron chi connectivity index (χ1n) is 11.7. The van der Waals surface area contributed by atoms with E-state index in [4.69, 9.17) is 9.84 Å². The molecule has 28 heavy (non-hydrogen) atoms. The van der Waals surface area contributed by atoms with Crippen molar-refractivity contribution in [1.82, 2.24) is 0 Å². The molecule has 0 aromatic rings. The van der Waals surface area contributed by atoms with E-state index in [1.54, 1.807) is 0 Å². The van der Waals surface area contributed by atoms with Crippen molar-refractivity contribution in [2.45, 2.75) is 129 Å². The molecule has 1 atom stereocenters. The maximum absolute atomic E-state index is 11.8. The zero-order chi connectivity index (χ0) is 20.9. The highest BCUT2D eigenvalue weighted by molar-refractivity contribution is 5.69. The van der Waals surface area contributed by atoms with Gasteiger partial charge in [-0.2, -0.15) is 0 Å². The Balaban J connectivity index is 3.97. The highest BCUT2D eigenvalue weighted by Crippen LogP contribution is 2.14. The van der Waals surface area contributed by atoms with Gasteiger partial charge in [-0.1, -0.05) is 77.7 Å². The Kier molecular flexibility index (Phi) is 19.5. The van der Waals surface area contributed by atoms with Crippen molar-refractivity contribution in [3.05, 3.63) is 12.2 Å². The lowest BCUT2D eigenvalue weighted by Gasteiger charge is -2.14. The first-order chi connectivity index (χ1) is 13.6. The van der Waals surface area contributed by atoms with Gasteiger partial charge in [0, 0.05) is 12.8 Å². The second-order valence-corrected chi connectivity index (χ2v) is 7.82. The van der Waals surface area contributed by atoms with Gasteiger partial charge in [0.25, 0.3) is 0 Å². The van der Waals surface area contributed by atoms with Crippen LogP contribution in [-0.4, -0.2) is 23.1 Å². The van der Waals surface area contributed by atoms with E-state index in [2.05, 4.69) is 19.1 Å². The van der Waals surface area contributed by atoms with Gasteiger partial charge < -0.3 is 9.84 Å². The van der Waals surface area contributed by atoms with Crippen molar-refractivity contribution >= 4 is 11.9 Å². The largest absolute Gasteiger partial charge is 0.481 e. The number of hydrogen-bond donors (Lipinski definition) is 1. The molecule has 0 saturated carbocycles. The molecule has 164 valence electrons. The number of carboxylic acids is 1. The quantitative estimate of drug-likeness (QED) is 0.134. The van der Waals surface area contributed by atoms with Crippen LogP contribution in [0.25, 0.3) is 0 Å². The third-order valence-electron chi connectivity index (χ3n) is 4.94. The van der Waals surface area contributed by atoms with E-state index >= 15 is 0 Å². The molecule has 0 bridgehead atoms. The number of carbonyl (C=O) groups excluding carboxylic acids is 1. The number of unbranched alkanes of at least 4 members (excludes halogenated alkanes) is 11. The van der Waals surface area contributed by atoms with E-state index in [0.29, 0.717) is 6.42 Å². The Labute approximate surface area is 173 Å². The minimum atomic E-state index is -0.704. The maximum Gasteiger partial charge on any atom is 0.306 e. The first-order valence-corrected chi connectivity index (χ1v) is 11.7. The number of aliphatic carboxylic acids is 1. The molecule has 0 rings (SSSR count). The van der Waals surface area contributed by atoms with E-state index in [0.717, 1.165) is 57.8 Å². The van der Waals surface area contributed by atoms with Crippen LogP contribution in [0.3, 0.4) is 0 Å². The van der Waals surface area contributed by atoms with E-state index in [9.17, 15) is 9.59 Å². The summed E-state index contributed by atoms with van der Waals surface area (Å²) in [5.41, 5.74) is 0. The molecular weight excluding hydrogens is 352 g/mol. The zero-order valence-electron chi connectivity index (χ0n) is 18.4. The molecule has 0 heterocycles. The Morgan fingerprint density at radius 2 is 1.39 bits per heavy atom. The van der Waals surface area contributed by atoms with Crippen LogP contribution in [0.2, 0.25) is 0 Å². The summed E-state index contributed by atoms with van der Waals surface area (Å²) in [6, 6.07) is 0.